The van der Waals surface area contributed by atoms with E-state index in [1.807, 2.05) is 0 Å². The van der Waals surface area contributed by atoms with Crippen LogP contribution in [0.25, 0.3) is 5.69 Å². The van der Waals surface area contributed by atoms with Crippen LogP contribution in [0.4, 0.5) is 5.82 Å². The van der Waals surface area contributed by atoms with Crippen molar-refractivity contribution in [2.45, 2.75) is 0 Å². The number of carbonyl (C=O) groups is 2. The van der Waals surface area contributed by atoms with Crippen LogP contribution in [0.1, 0.15) is 26.4 Å². The number of carbonyl (C=O) groups excluding carboxylic acids is 2. The molecule has 0 bridgehead atoms. The maximum atomic E-state index is 12.7. The van der Waals surface area contributed by atoms with Gasteiger partial charge in [0.1, 0.15) is 23.1 Å². The van der Waals surface area contributed by atoms with Crippen molar-refractivity contribution in [1.29, 1.82) is 5.26 Å². The molecule has 0 spiro atoms. The van der Waals surface area contributed by atoms with Crippen molar-refractivity contribution in [3.8, 4) is 11.8 Å². The number of aromatic nitrogens is 3. The van der Waals surface area contributed by atoms with Crippen molar-refractivity contribution in [2.24, 2.45) is 14.1 Å². The normalized spacial score (nSPS) is 10.2. The van der Waals surface area contributed by atoms with Gasteiger partial charge in [0.15, 0.2) is 5.69 Å². The number of hydrogen-bond donors (Lipinski definition) is 1. The first-order valence-corrected chi connectivity index (χ1v) is 7.55. The van der Waals surface area contributed by atoms with E-state index in [0.717, 1.165) is 34.1 Å². The van der Waals surface area contributed by atoms with E-state index in [2.05, 4.69) is 14.8 Å². The van der Waals surface area contributed by atoms with Gasteiger partial charge in [0.05, 0.1) is 19.8 Å². The van der Waals surface area contributed by atoms with Crippen LogP contribution in [0, 0.1) is 11.3 Å². The second-order valence-electron chi connectivity index (χ2n) is 5.38. The first kappa shape index (κ1) is 19.5. The molecule has 0 amide bonds. The Morgan fingerprint density at radius 1 is 1.11 bits per heavy atom. The van der Waals surface area contributed by atoms with E-state index in [0.29, 0.717) is 0 Å². The van der Waals surface area contributed by atoms with E-state index in [1.165, 1.54) is 21.1 Å². The smallest absolute Gasteiger partial charge is 0.341 e. The molecule has 0 aliphatic rings. The summed E-state index contributed by atoms with van der Waals surface area (Å²) in [4.78, 5) is 49.1. The van der Waals surface area contributed by atoms with Crippen LogP contribution in [-0.2, 0) is 23.6 Å². The average Bonchev–Trinajstić information content (AvgIpc) is 3.06. The van der Waals surface area contributed by atoms with Gasteiger partial charge in [-0.3, -0.25) is 18.5 Å². The number of esters is 2. The third-order valence-electron chi connectivity index (χ3n) is 4.02. The molecule has 0 radical (unpaired) electrons. The Balaban J connectivity index is 3.06. The van der Waals surface area contributed by atoms with Crippen molar-refractivity contribution in [3.63, 3.8) is 0 Å². The Morgan fingerprint density at radius 3 is 2.19 bits per heavy atom. The van der Waals surface area contributed by atoms with Gasteiger partial charge >= 0.3 is 17.6 Å². The summed E-state index contributed by atoms with van der Waals surface area (Å²) in [6.07, 6.45) is 1.12. The lowest BCUT2D eigenvalue weighted by atomic mass is 10.1. The number of rotatable bonds is 4. The molecule has 0 fully saturated rings. The summed E-state index contributed by atoms with van der Waals surface area (Å²) in [5, 5.41) is 12.3. The van der Waals surface area contributed by atoms with Crippen molar-refractivity contribution >= 4 is 17.8 Å². The Hall–Kier alpha value is -3.81. The zero-order valence-electron chi connectivity index (χ0n) is 15.3. The molecule has 2 heterocycles. The zero-order chi connectivity index (χ0) is 20.5. The van der Waals surface area contributed by atoms with E-state index in [1.54, 1.807) is 6.07 Å². The molecule has 0 aliphatic carbocycles. The van der Waals surface area contributed by atoms with Crippen LogP contribution in [0.15, 0.2) is 15.8 Å². The highest BCUT2D eigenvalue weighted by Crippen LogP contribution is 2.24. The summed E-state index contributed by atoms with van der Waals surface area (Å²) in [6.45, 7) is 0. The SMILES string of the molecule is CNc1c(-n2cc(C(=O)OC)c(C(=O)OC)c2C#N)c(=O)n(C)c(=O)n1C. The van der Waals surface area contributed by atoms with Gasteiger partial charge in [0.25, 0.3) is 5.56 Å². The summed E-state index contributed by atoms with van der Waals surface area (Å²) < 4.78 is 12.4. The Labute approximate surface area is 153 Å². The molecule has 2 aromatic rings. The average molecular weight is 375 g/mol. The lowest BCUT2D eigenvalue weighted by Gasteiger charge is -2.15. The number of hydrogen-bond acceptors (Lipinski definition) is 8. The van der Waals surface area contributed by atoms with Crippen LogP contribution in [0.3, 0.4) is 0 Å². The minimum Gasteiger partial charge on any atom is -0.465 e. The fourth-order valence-corrected chi connectivity index (χ4v) is 2.70. The molecular weight excluding hydrogens is 358 g/mol. The van der Waals surface area contributed by atoms with Crippen molar-refractivity contribution in [3.05, 3.63) is 43.9 Å². The molecule has 0 aliphatic heterocycles. The summed E-state index contributed by atoms with van der Waals surface area (Å²) in [5.74, 6) is -1.75. The number of methoxy groups -OCH3 is 2. The number of nitriles is 1. The maximum absolute atomic E-state index is 12.7. The van der Waals surface area contributed by atoms with Crippen molar-refractivity contribution in [2.75, 3.05) is 26.6 Å². The Morgan fingerprint density at radius 2 is 1.70 bits per heavy atom. The van der Waals surface area contributed by atoms with E-state index >= 15 is 0 Å². The molecule has 1 N–H and O–H groups in total. The summed E-state index contributed by atoms with van der Waals surface area (Å²) in [6, 6.07) is 1.80. The molecule has 0 saturated heterocycles. The predicted molar refractivity (Wildman–Crippen MR) is 93.2 cm³/mol. The number of ether oxygens (including phenoxy) is 2. The van der Waals surface area contributed by atoms with Crippen LogP contribution >= 0.6 is 0 Å². The molecule has 11 heteroatoms. The molecule has 2 rings (SSSR count). The minimum atomic E-state index is -0.946. The number of nitrogens with zero attached hydrogens (tertiary/aromatic N) is 4. The van der Waals surface area contributed by atoms with Gasteiger partial charge in [-0.2, -0.15) is 5.26 Å². The lowest BCUT2D eigenvalue weighted by Crippen LogP contribution is -2.40. The topological polar surface area (TPSA) is 137 Å². The van der Waals surface area contributed by atoms with Crippen LogP contribution in [0.5, 0.6) is 0 Å². The van der Waals surface area contributed by atoms with E-state index in [-0.39, 0.29) is 28.3 Å². The van der Waals surface area contributed by atoms with Gasteiger partial charge in [-0.1, -0.05) is 0 Å². The Bertz CT molecular complexity index is 1100. The predicted octanol–water partition coefficient (Wildman–Crippen LogP) is -0.639. The maximum Gasteiger partial charge on any atom is 0.341 e. The van der Waals surface area contributed by atoms with E-state index in [4.69, 9.17) is 0 Å². The first-order valence-electron chi connectivity index (χ1n) is 7.55. The van der Waals surface area contributed by atoms with E-state index < -0.39 is 23.2 Å². The lowest BCUT2D eigenvalue weighted by molar-refractivity contribution is 0.0556. The van der Waals surface area contributed by atoms with Gasteiger partial charge in [0.2, 0.25) is 0 Å². The highest BCUT2D eigenvalue weighted by molar-refractivity contribution is 6.05. The third kappa shape index (κ3) is 2.86. The molecule has 0 unspecified atom stereocenters. The van der Waals surface area contributed by atoms with Crippen LogP contribution in [0.2, 0.25) is 0 Å². The molecule has 27 heavy (non-hydrogen) atoms. The van der Waals surface area contributed by atoms with Gasteiger partial charge in [-0.15, -0.1) is 0 Å². The van der Waals surface area contributed by atoms with Crippen molar-refractivity contribution in [1.82, 2.24) is 13.7 Å². The van der Waals surface area contributed by atoms with Gasteiger partial charge < -0.3 is 14.8 Å². The summed E-state index contributed by atoms with van der Waals surface area (Å²) in [5.41, 5.74) is -2.36. The van der Waals surface area contributed by atoms with Crippen LogP contribution < -0.4 is 16.6 Å². The molecule has 0 atom stereocenters. The van der Waals surface area contributed by atoms with E-state index in [9.17, 15) is 24.4 Å². The molecule has 0 saturated carbocycles. The number of anilines is 1. The highest BCUT2D eigenvalue weighted by atomic mass is 16.5. The Kier molecular flexibility index (Phi) is 5.21. The quantitative estimate of drug-likeness (QED) is 0.697. The number of nitrogens with one attached hydrogen (secondary N) is 1. The second kappa shape index (κ2) is 7.20. The van der Waals surface area contributed by atoms with Gasteiger partial charge in [-0.25, -0.2) is 14.4 Å². The molecule has 142 valence electrons. The van der Waals surface area contributed by atoms with Crippen molar-refractivity contribution < 1.29 is 19.1 Å². The molecule has 11 nitrogen and oxygen atoms in total. The second-order valence-corrected chi connectivity index (χ2v) is 5.38. The molecular formula is C16H17N5O6. The summed E-state index contributed by atoms with van der Waals surface area (Å²) >= 11 is 0. The first-order chi connectivity index (χ1) is 12.7. The molecule has 2 aromatic heterocycles. The van der Waals surface area contributed by atoms with Gasteiger partial charge in [-0.05, 0) is 0 Å². The summed E-state index contributed by atoms with van der Waals surface area (Å²) in [7, 11) is 6.37. The monoisotopic (exact) mass is 375 g/mol. The van der Waals surface area contributed by atoms with Crippen LogP contribution in [-0.4, -0.2) is 46.9 Å². The van der Waals surface area contributed by atoms with Gasteiger partial charge in [0, 0.05) is 27.3 Å². The fraction of sp³-hybridized carbons (Fsp3) is 0.312. The minimum absolute atomic E-state index is 0.0856. The largest absolute Gasteiger partial charge is 0.465 e. The fourth-order valence-electron chi connectivity index (χ4n) is 2.70. The standard InChI is InChI=1S/C16H17N5O6/c1-18-12-11(13(22)20(3)16(25)19(12)2)21-7-8(14(23)26-4)10(9(21)6-17)15(24)27-5/h7,18H,1-5H3. The zero-order valence-corrected chi connectivity index (χ0v) is 15.3. The third-order valence-corrected chi connectivity index (χ3v) is 4.02. The highest BCUT2D eigenvalue weighted by Gasteiger charge is 2.30. The molecule has 0 aromatic carbocycles.